The molecule has 0 saturated carbocycles. The van der Waals surface area contributed by atoms with Gasteiger partial charge in [-0.25, -0.2) is 9.03 Å². The fraction of sp³-hybridized carbons (Fsp3) is 0.368. The first-order valence-corrected chi connectivity index (χ1v) is 10.3. The summed E-state index contributed by atoms with van der Waals surface area (Å²) in [5.41, 5.74) is 1.57. The number of unbranched alkanes of at least 4 members (excludes halogenated alkanes) is 1. The number of anilines is 1. The molecule has 1 heterocycles. The normalized spacial score (nSPS) is 15.7. The highest BCUT2D eigenvalue weighted by atomic mass is 32.2. The maximum absolute atomic E-state index is 12.0. The quantitative estimate of drug-likeness (QED) is 0.578. The second-order valence-electron chi connectivity index (χ2n) is 6.41. The van der Waals surface area contributed by atoms with Gasteiger partial charge in [0.15, 0.2) is 0 Å². The summed E-state index contributed by atoms with van der Waals surface area (Å²) < 4.78 is 32.0. The predicted octanol–water partition coefficient (Wildman–Crippen LogP) is 2.30. The molecule has 2 aromatic rings. The first-order valence-electron chi connectivity index (χ1n) is 8.90. The minimum atomic E-state index is -3.81. The highest BCUT2D eigenvalue weighted by Crippen LogP contribution is 2.26. The SMILES string of the molecule is CCOC(=O)CCCCc1ccc2ccc(N3CC(=O)NS3(=O)=O)cc2c1. The second-order valence-corrected chi connectivity index (χ2v) is 8.01. The highest BCUT2D eigenvalue weighted by Gasteiger charge is 2.33. The van der Waals surface area contributed by atoms with Gasteiger partial charge in [0.25, 0.3) is 5.91 Å². The van der Waals surface area contributed by atoms with E-state index in [1.54, 1.807) is 19.1 Å². The van der Waals surface area contributed by atoms with Crippen LogP contribution in [0.5, 0.6) is 0 Å². The van der Waals surface area contributed by atoms with Gasteiger partial charge in [0.1, 0.15) is 6.54 Å². The molecule has 27 heavy (non-hydrogen) atoms. The van der Waals surface area contributed by atoms with Crippen molar-refractivity contribution in [3.05, 3.63) is 42.0 Å². The third-order valence-corrected chi connectivity index (χ3v) is 5.80. The molecular formula is C19H22N2O5S. The molecule has 7 nitrogen and oxygen atoms in total. The standard InChI is InChI=1S/C19H22N2O5S/c1-2-26-19(23)6-4-3-5-14-7-8-15-9-10-17(12-16(15)11-14)21-13-18(22)20-27(21,24)25/h7-12H,2-6,13H2,1H3,(H,20,22). The Morgan fingerprint density at radius 3 is 2.63 bits per heavy atom. The van der Waals surface area contributed by atoms with Crippen LogP contribution in [0.1, 0.15) is 31.7 Å². The Bertz CT molecular complexity index is 971. The molecule has 0 spiro atoms. The molecular weight excluding hydrogens is 368 g/mol. The van der Waals surface area contributed by atoms with Crippen molar-refractivity contribution in [1.82, 2.24) is 4.72 Å². The number of carbonyl (C=O) groups excluding carboxylic acids is 2. The van der Waals surface area contributed by atoms with Crippen molar-refractivity contribution in [2.45, 2.75) is 32.6 Å². The number of nitrogens with zero attached hydrogens (tertiary/aromatic N) is 1. The summed E-state index contributed by atoms with van der Waals surface area (Å²) in [6.07, 6.45) is 2.86. The average Bonchev–Trinajstić information content (AvgIpc) is 2.90. The number of hydrogen-bond acceptors (Lipinski definition) is 5. The van der Waals surface area contributed by atoms with Crippen molar-refractivity contribution in [1.29, 1.82) is 0 Å². The third kappa shape index (κ3) is 4.57. The summed E-state index contributed by atoms with van der Waals surface area (Å²) in [5.74, 6) is -0.707. The molecule has 1 saturated heterocycles. The number of amides is 1. The summed E-state index contributed by atoms with van der Waals surface area (Å²) in [6.45, 7) is 1.99. The Labute approximate surface area is 158 Å². The minimum Gasteiger partial charge on any atom is -0.466 e. The molecule has 8 heteroatoms. The molecule has 1 aliphatic rings. The van der Waals surface area contributed by atoms with Gasteiger partial charge in [-0.2, -0.15) is 8.42 Å². The van der Waals surface area contributed by atoms with E-state index in [2.05, 4.69) is 0 Å². The lowest BCUT2D eigenvalue weighted by Gasteiger charge is -2.15. The largest absolute Gasteiger partial charge is 0.466 e. The topological polar surface area (TPSA) is 92.8 Å². The number of carbonyl (C=O) groups is 2. The molecule has 0 atom stereocenters. The van der Waals surface area contributed by atoms with Gasteiger partial charge in [0, 0.05) is 6.42 Å². The molecule has 3 rings (SSSR count). The smallest absolute Gasteiger partial charge is 0.326 e. The van der Waals surface area contributed by atoms with Crippen LogP contribution in [0.2, 0.25) is 0 Å². The molecule has 0 aliphatic carbocycles. The molecule has 2 aromatic carbocycles. The summed E-state index contributed by atoms with van der Waals surface area (Å²) >= 11 is 0. The Morgan fingerprint density at radius 2 is 1.93 bits per heavy atom. The number of aryl methyl sites for hydroxylation is 1. The van der Waals surface area contributed by atoms with Gasteiger partial charge in [-0.3, -0.25) is 9.59 Å². The van der Waals surface area contributed by atoms with Gasteiger partial charge in [-0.1, -0.05) is 24.3 Å². The fourth-order valence-electron chi connectivity index (χ4n) is 3.10. The molecule has 1 N–H and O–H groups in total. The maximum Gasteiger partial charge on any atom is 0.326 e. The van der Waals surface area contributed by atoms with Crippen LogP contribution >= 0.6 is 0 Å². The van der Waals surface area contributed by atoms with Gasteiger partial charge in [-0.15, -0.1) is 0 Å². The summed E-state index contributed by atoms with van der Waals surface area (Å²) in [6, 6.07) is 11.3. The van der Waals surface area contributed by atoms with Gasteiger partial charge in [0.05, 0.1) is 12.3 Å². The number of ether oxygens (including phenoxy) is 1. The lowest BCUT2D eigenvalue weighted by molar-refractivity contribution is -0.143. The Balaban J connectivity index is 1.71. The second kappa shape index (κ2) is 7.96. The molecule has 1 amide bonds. The zero-order chi connectivity index (χ0) is 19.4. The van der Waals surface area contributed by atoms with E-state index in [4.69, 9.17) is 4.74 Å². The first kappa shape index (κ1) is 19.2. The summed E-state index contributed by atoms with van der Waals surface area (Å²) in [7, 11) is -3.81. The fourth-order valence-corrected chi connectivity index (χ4v) is 4.24. The number of fused-ring (bicyclic) bond motifs is 1. The van der Waals surface area contributed by atoms with Crippen LogP contribution in [0.15, 0.2) is 36.4 Å². The summed E-state index contributed by atoms with van der Waals surface area (Å²) in [4.78, 5) is 22.8. The van der Waals surface area contributed by atoms with Crippen molar-refractivity contribution in [3.8, 4) is 0 Å². The van der Waals surface area contributed by atoms with Crippen LogP contribution in [0, 0.1) is 0 Å². The van der Waals surface area contributed by atoms with Gasteiger partial charge < -0.3 is 4.74 Å². The summed E-state index contributed by atoms with van der Waals surface area (Å²) in [5, 5.41) is 1.90. The van der Waals surface area contributed by atoms with E-state index in [-0.39, 0.29) is 12.5 Å². The van der Waals surface area contributed by atoms with Gasteiger partial charge >= 0.3 is 16.2 Å². The number of hydrogen-bond donors (Lipinski definition) is 1. The number of esters is 1. The van der Waals surface area contributed by atoms with E-state index < -0.39 is 16.1 Å². The van der Waals surface area contributed by atoms with E-state index in [9.17, 15) is 18.0 Å². The molecule has 1 fully saturated rings. The van der Waals surface area contributed by atoms with Crippen molar-refractivity contribution in [3.63, 3.8) is 0 Å². The van der Waals surface area contributed by atoms with Crippen molar-refractivity contribution >= 4 is 38.5 Å². The van der Waals surface area contributed by atoms with E-state index in [0.717, 1.165) is 39.9 Å². The van der Waals surface area contributed by atoms with Gasteiger partial charge in [0.2, 0.25) is 0 Å². The monoisotopic (exact) mass is 390 g/mol. The van der Waals surface area contributed by atoms with Crippen LogP contribution in [-0.2, 0) is 31.0 Å². The lowest BCUT2D eigenvalue weighted by atomic mass is 10.0. The predicted molar refractivity (Wildman–Crippen MR) is 103 cm³/mol. The highest BCUT2D eigenvalue weighted by molar-refractivity contribution is 7.92. The Kier molecular flexibility index (Phi) is 5.65. The van der Waals surface area contributed by atoms with Crippen LogP contribution < -0.4 is 9.03 Å². The molecule has 1 aliphatic heterocycles. The maximum atomic E-state index is 12.0. The number of nitrogens with one attached hydrogen (secondary N) is 1. The average molecular weight is 390 g/mol. The van der Waals surface area contributed by atoms with Crippen LogP contribution in [0.25, 0.3) is 10.8 Å². The zero-order valence-corrected chi connectivity index (χ0v) is 15.9. The first-order chi connectivity index (χ1) is 12.9. The van der Waals surface area contributed by atoms with E-state index in [1.165, 1.54) is 0 Å². The van der Waals surface area contributed by atoms with Crippen molar-refractivity contribution < 1.29 is 22.7 Å². The number of benzene rings is 2. The Morgan fingerprint density at radius 1 is 1.15 bits per heavy atom. The third-order valence-electron chi connectivity index (χ3n) is 4.40. The van der Waals surface area contributed by atoms with Crippen LogP contribution in [0.3, 0.4) is 0 Å². The van der Waals surface area contributed by atoms with E-state index in [0.29, 0.717) is 18.7 Å². The molecule has 0 radical (unpaired) electrons. The minimum absolute atomic E-state index is 0.171. The molecule has 0 unspecified atom stereocenters. The molecule has 144 valence electrons. The molecule has 0 aromatic heterocycles. The zero-order valence-electron chi connectivity index (χ0n) is 15.1. The van der Waals surface area contributed by atoms with E-state index >= 15 is 0 Å². The van der Waals surface area contributed by atoms with Crippen molar-refractivity contribution in [2.24, 2.45) is 0 Å². The van der Waals surface area contributed by atoms with Crippen molar-refractivity contribution in [2.75, 3.05) is 17.5 Å². The van der Waals surface area contributed by atoms with Crippen LogP contribution in [-0.4, -0.2) is 33.4 Å². The Hall–Kier alpha value is -2.61. The number of rotatable bonds is 7. The van der Waals surface area contributed by atoms with Gasteiger partial charge in [-0.05, 0) is 54.7 Å². The van der Waals surface area contributed by atoms with Crippen LogP contribution in [0.4, 0.5) is 5.69 Å². The van der Waals surface area contributed by atoms with E-state index in [1.807, 2.05) is 29.0 Å². The molecule has 0 bridgehead atoms. The lowest BCUT2D eigenvalue weighted by Crippen LogP contribution is -2.29.